The van der Waals surface area contributed by atoms with E-state index in [2.05, 4.69) is 0 Å². The fourth-order valence-electron chi connectivity index (χ4n) is 0. The average molecular weight is 1190 g/mol. The molecule has 0 aliphatic carbocycles. The van der Waals surface area contributed by atoms with Crippen LogP contribution in [0.4, 0.5) is 0 Å². The Labute approximate surface area is 355 Å². The van der Waals surface area contributed by atoms with Gasteiger partial charge in [-0.15, -0.1) is 0 Å². The standard InChI is InChI=1S/6IO3.6Na/c6*2-1(3)4;;;;;;/q6*-1;6*+1. The van der Waals surface area contributed by atoms with E-state index in [-0.39, 0.29) is 177 Å². The van der Waals surface area contributed by atoms with Gasteiger partial charge in [-0.1, -0.05) is 0 Å². The van der Waals surface area contributed by atoms with Crippen LogP contribution < -0.4 is 366 Å². The van der Waals surface area contributed by atoms with Gasteiger partial charge in [-0.2, -0.15) is 0 Å². The first-order valence-electron chi connectivity index (χ1n) is 2.78. The van der Waals surface area contributed by atoms with Crippen LogP contribution in [0.5, 0.6) is 0 Å². The molecule has 0 spiro atoms. The molecule has 0 aromatic rings. The van der Waals surface area contributed by atoms with Gasteiger partial charge >= 0.3 is 177 Å². The predicted octanol–water partition coefficient (Wildman–Crippen LogP) is -57.4. The molecule has 156 valence electrons. The molecule has 0 aliphatic rings. The van der Waals surface area contributed by atoms with Gasteiger partial charge in [0.1, 0.15) is 0 Å². The first-order chi connectivity index (χ1) is 10.4. The van der Waals surface area contributed by atoms with E-state index in [4.69, 9.17) is 61.8 Å². The Morgan fingerprint density at radius 2 is 0.167 bits per heavy atom. The third-order valence-corrected chi connectivity index (χ3v) is 0. The Morgan fingerprint density at radius 3 is 0.167 bits per heavy atom. The van der Waals surface area contributed by atoms with Crippen molar-refractivity contribution in [2.45, 2.75) is 0 Å². The number of hydrogen-bond donors (Lipinski definition) is 0. The monoisotopic (exact) mass is 1190 g/mol. The second kappa shape index (κ2) is 71.7. The molecule has 0 unspecified atom stereocenters. The second-order valence-corrected chi connectivity index (χ2v) is 7.61. The van der Waals surface area contributed by atoms with Gasteiger partial charge in [0.25, 0.3) is 126 Å². The molecule has 0 N–H and O–H groups in total. The molecule has 0 rings (SSSR count). The Kier molecular flexibility index (Phi) is 185. The Morgan fingerprint density at radius 1 is 0.167 bits per heavy atom. The Balaban J connectivity index is -0.0000000125. The molecule has 0 bridgehead atoms. The fourth-order valence-corrected chi connectivity index (χ4v) is 0. The molecule has 30 heteroatoms. The molecular formula is I6Na6O18. The molecule has 0 aromatic heterocycles. The van der Waals surface area contributed by atoms with Gasteiger partial charge in [0.15, 0.2) is 0 Å². The molecular weight excluding hydrogens is 1190 g/mol. The van der Waals surface area contributed by atoms with Crippen molar-refractivity contribution in [3.8, 4) is 0 Å². The van der Waals surface area contributed by atoms with Gasteiger partial charge < -0.3 is 61.8 Å². The molecule has 0 atom stereocenters. The van der Waals surface area contributed by atoms with Crippen molar-refractivity contribution in [1.29, 1.82) is 0 Å². The third-order valence-electron chi connectivity index (χ3n) is 0. The van der Waals surface area contributed by atoms with E-state index >= 15 is 0 Å². The van der Waals surface area contributed by atoms with E-state index in [1.54, 1.807) is 0 Å². The van der Waals surface area contributed by atoms with E-state index in [1.807, 2.05) is 0 Å². The van der Waals surface area contributed by atoms with Crippen molar-refractivity contribution < 1.29 is 366 Å². The van der Waals surface area contributed by atoms with Gasteiger partial charge in [-0.05, 0) is 0 Å². The van der Waals surface area contributed by atoms with E-state index in [0.717, 1.165) is 0 Å². The molecule has 0 fully saturated rings. The number of halogens is 6. The molecule has 0 aromatic carbocycles. The van der Waals surface area contributed by atoms with Crippen LogP contribution in [-0.4, -0.2) is 0 Å². The molecule has 0 heterocycles. The second-order valence-electron chi connectivity index (χ2n) is 1.13. The van der Waals surface area contributed by atoms with Gasteiger partial charge in [0.2, 0.25) is 0 Å². The topological polar surface area (TPSA) is 415 Å². The van der Waals surface area contributed by atoms with Crippen LogP contribution in [0, 0.1) is 0 Å². The van der Waals surface area contributed by atoms with Gasteiger partial charge in [0, 0.05) is 0 Å². The van der Waals surface area contributed by atoms with E-state index < -0.39 is 126 Å². The predicted molar refractivity (Wildman–Crippen MR) is 0 cm³/mol. The SMILES string of the molecule is [Na+].[Na+].[Na+].[Na+].[Na+].[Na+].[O-][I+2]([O-])[O-].[O-][I+2]([O-])[O-].[O-][I+2]([O-])[O-].[O-][I+2]([O-])[O-].[O-][I+2]([O-])[O-].[O-][I+2]([O-])[O-]. The van der Waals surface area contributed by atoms with Crippen LogP contribution in [0.2, 0.25) is 0 Å². The van der Waals surface area contributed by atoms with Crippen LogP contribution in [-0.2, 0) is 0 Å². The summed E-state index contributed by atoms with van der Waals surface area (Å²) >= 11 is -24.1. The van der Waals surface area contributed by atoms with E-state index in [9.17, 15) is 0 Å². The molecule has 30 heavy (non-hydrogen) atoms. The zero-order valence-corrected chi connectivity index (χ0v) is 40.6. The van der Waals surface area contributed by atoms with Crippen molar-refractivity contribution in [2.75, 3.05) is 0 Å². The summed E-state index contributed by atoms with van der Waals surface area (Å²) in [6, 6.07) is 0. The summed E-state index contributed by atoms with van der Waals surface area (Å²) in [4.78, 5) is 0. The van der Waals surface area contributed by atoms with Crippen LogP contribution in [0.1, 0.15) is 0 Å². The van der Waals surface area contributed by atoms with E-state index in [1.165, 1.54) is 0 Å². The van der Waals surface area contributed by atoms with Gasteiger partial charge in [-0.25, -0.2) is 0 Å². The summed E-state index contributed by atoms with van der Waals surface area (Å²) in [5.41, 5.74) is 0. The molecule has 0 amide bonds. The maximum atomic E-state index is 8.57. The minimum atomic E-state index is -4.01. The molecule has 0 saturated heterocycles. The summed E-state index contributed by atoms with van der Waals surface area (Å²) in [5.74, 6) is 0. The fraction of sp³-hybridized carbons (Fsp3) is 0. The van der Waals surface area contributed by atoms with Crippen LogP contribution in [0.3, 0.4) is 0 Å². The Hall–Kier alpha value is 9.66. The molecule has 0 radical (unpaired) electrons. The third kappa shape index (κ3) is 542. The summed E-state index contributed by atoms with van der Waals surface area (Å²) in [5, 5.41) is 0. The number of rotatable bonds is 0. The smallest absolute Gasteiger partial charge is 0.427 e. The zero-order chi connectivity index (χ0) is 21.5. The normalized spacial score (nSPS) is 7.20. The van der Waals surface area contributed by atoms with Crippen LogP contribution in [0.15, 0.2) is 0 Å². The minimum Gasteiger partial charge on any atom is -0.427 e. The van der Waals surface area contributed by atoms with Gasteiger partial charge in [-0.3, -0.25) is 0 Å². The van der Waals surface area contributed by atoms with Gasteiger partial charge in [0.05, 0.1) is 0 Å². The minimum absolute atomic E-state index is 0. The molecule has 18 nitrogen and oxygen atoms in total. The summed E-state index contributed by atoms with van der Waals surface area (Å²) < 4.78 is 154. The van der Waals surface area contributed by atoms with E-state index in [0.29, 0.717) is 0 Å². The first kappa shape index (κ1) is 77.5. The zero-order valence-electron chi connectivity index (χ0n) is 15.6. The van der Waals surface area contributed by atoms with Crippen molar-refractivity contribution >= 4 is 0 Å². The van der Waals surface area contributed by atoms with Crippen molar-refractivity contribution in [1.82, 2.24) is 0 Å². The summed E-state index contributed by atoms with van der Waals surface area (Å²) in [7, 11) is 0. The maximum Gasteiger partial charge on any atom is 1.00 e. The first-order valence-corrected chi connectivity index (χ1v) is 18.6. The largest absolute Gasteiger partial charge is 1.00 e. The quantitative estimate of drug-likeness (QED) is 0.161. The Bertz CT molecular complexity index is 116. The number of hydrogen-bond acceptors (Lipinski definition) is 18. The molecule has 0 saturated carbocycles. The van der Waals surface area contributed by atoms with Crippen molar-refractivity contribution in [3.05, 3.63) is 0 Å². The van der Waals surface area contributed by atoms with Crippen LogP contribution in [0.25, 0.3) is 0 Å². The summed E-state index contributed by atoms with van der Waals surface area (Å²) in [6.07, 6.45) is 0. The van der Waals surface area contributed by atoms with Crippen molar-refractivity contribution in [3.63, 3.8) is 0 Å². The maximum absolute atomic E-state index is 8.57. The van der Waals surface area contributed by atoms with Crippen molar-refractivity contribution in [2.24, 2.45) is 0 Å². The average Bonchev–Trinajstić information content (AvgIpc) is 2.08. The van der Waals surface area contributed by atoms with Crippen LogP contribution >= 0.6 is 0 Å². The molecule has 0 aliphatic heterocycles. The summed E-state index contributed by atoms with van der Waals surface area (Å²) in [6.45, 7) is 0.